The topological polar surface area (TPSA) is 12.0 Å². The zero-order valence-electron chi connectivity index (χ0n) is 13.4. The molecule has 1 N–H and O–H groups in total. The van der Waals surface area contributed by atoms with Crippen LogP contribution in [0.5, 0.6) is 0 Å². The van der Waals surface area contributed by atoms with Crippen LogP contribution < -0.4 is 5.32 Å². The molecule has 0 saturated carbocycles. The predicted octanol–water partition coefficient (Wildman–Crippen LogP) is 5.63. The summed E-state index contributed by atoms with van der Waals surface area (Å²) in [5.41, 5.74) is 2.76. The molecule has 0 heterocycles. The van der Waals surface area contributed by atoms with Gasteiger partial charge in [0.1, 0.15) is 0 Å². The molecular weight excluding hydrogens is 274 g/mol. The van der Waals surface area contributed by atoms with Gasteiger partial charge in [-0.05, 0) is 54.8 Å². The average molecular weight is 299 g/mol. The number of nitrogens with one attached hydrogen (secondary N) is 1. The Labute approximate surface area is 133 Å². The second-order valence-corrected chi connectivity index (χ2v) is 6.79. The van der Waals surface area contributed by atoms with Crippen molar-refractivity contribution < 1.29 is 0 Å². The van der Waals surface area contributed by atoms with Crippen LogP contribution in [0, 0.1) is 0 Å². The molecule has 0 aliphatic carbocycles. The predicted molar refractivity (Wildman–Crippen MR) is 93.2 cm³/mol. The first-order valence-corrected chi connectivity index (χ1v) is 8.50. The van der Waals surface area contributed by atoms with E-state index >= 15 is 0 Å². The molecule has 1 atom stereocenters. The van der Waals surface area contributed by atoms with E-state index in [1.807, 2.05) is 18.8 Å². The average Bonchev–Trinajstić information content (AvgIpc) is 2.51. The van der Waals surface area contributed by atoms with Crippen molar-refractivity contribution in [2.45, 2.75) is 48.9 Å². The second-order valence-electron chi connectivity index (χ2n) is 5.64. The molecule has 0 aromatic heterocycles. The molecule has 0 fully saturated rings. The van der Waals surface area contributed by atoms with Crippen molar-refractivity contribution in [1.29, 1.82) is 0 Å². The highest BCUT2D eigenvalue weighted by Crippen LogP contribution is 2.30. The molecular formula is C19H25NS. The smallest absolute Gasteiger partial charge is 0.0314 e. The van der Waals surface area contributed by atoms with Gasteiger partial charge in [-0.3, -0.25) is 0 Å². The maximum atomic E-state index is 3.35. The van der Waals surface area contributed by atoms with Gasteiger partial charge in [0.2, 0.25) is 0 Å². The van der Waals surface area contributed by atoms with E-state index in [0.717, 1.165) is 6.42 Å². The summed E-state index contributed by atoms with van der Waals surface area (Å²) >= 11 is 1.82. The summed E-state index contributed by atoms with van der Waals surface area (Å²) in [6.07, 6.45) is 1.11. The molecule has 112 valence electrons. The Morgan fingerprint density at radius 2 is 1.33 bits per heavy atom. The first-order chi connectivity index (χ1) is 10.1. The Balaban J connectivity index is 2.06. The highest BCUT2D eigenvalue weighted by molar-refractivity contribution is 7.99. The van der Waals surface area contributed by atoms with Gasteiger partial charge in [0.15, 0.2) is 0 Å². The largest absolute Gasteiger partial charge is 0.313 e. The molecule has 0 amide bonds. The summed E-state index contributed by atoms with van der Waals surface area (Å²) in [6.45, 7) is 6.67. The molecule has 0 bridgehead atoms. The van der Waals surface area contributed by atoms with Gasteiger partial charge in [0, 0.05) is 15.8 Å². The molecule has 0 saturated heterocycles. The SMILES string of the molecule is CCC(NC)c1ccc(Sc2ccc(C(C)C)cc2)cc1. The van der Waals surface area contributed by atoms with Gasteiger partial charge in [-0.1, -0.05) is 56.8 Å². The normalized spacial score (nSPS) is 12.6. The molecule has 0 aliphatic heterocycles. The Bertz CT molecular complexity index is 539. The van der Waals surface area contributed by atoms with Crippen molar-refractivity contribution in [3.05, 3.63) is 59.7 Å². The van der Waals surface area contributed by atoms with Gasteiger partial charge in [-0.25, -0.2) is 0 Å². The lowest BCUT2D eigenvalue weighted by Gasteiger charge is -2.14. The van der Waals surface area contributed by atoms with Gasteiger partial charge in [-0.15, -0.1) is 0 Å². The third kappa shape index (κ3) is 4.36. The summed E-state index contributed by atoms with van der Waals surface area (Å²) < 4.78 is 0. The fraction of sp³-hybridized carbons (Fsp3) is 0.368. The lowest BCUT2D eigenvalue weighted by Crippen LogP contribution is -2.14. The molecule has 21 heavy (non-hydrogen) atoms. The van der Waals surface area contributed by atoms with Gasteiger partial charge < -0.3 is 5.32 Å². The molecule has 2 heteroatoms. The fourth-order valence-electron chi connectivity index (χ4n) is 2.43. The maximum absolute atomic E-state index is 3.35. The molecule has 0 aliphatic rings. The second kappa shape index (κ2) is 7.67. The third-order valence-electron chi connectivity index (χ3n) is 3.82. The molecule has 1 nitrogen and oxygen atoms in total. The first kappa shape index (κ1) is 16.1. The summed E-state index contributed by atoms with van der Waals surface area (Å²) in [5, 5.41) is 3.35. The van der Waals surface area contributed by atoms with E-state index in [0.29, 0.717) is 12.0 Å². The van der Waals surface area contributed by atoms with Crippen LogP contribution >= 0.6 is 11.8 Å². The first-order valence-electron chi connectivity index (χ1n) is 7.69. The Kier molecular flexibility index (Phi) is 5.89. The van der Waals surface area contributed by atoms with Crippen molar-refractivity contribution in [2.24, 2.45) is 0 Å². The number of rotatable bonds is 6. The van der Waals surface area contributed by atoms with Crippen LogP contribution in [0.2, 0.25) is 0 Å². The van der Waals surface area contributed by atoms with E-state index in [9.17, 15) is 0 Å². The molecule has 2 aromatic rings. The molecule has 2 aromatic carbocycles. The van der Waals surface area contributed by atoms with Crippen molar-refractivity contribution in [2.75, 3.05) is 7.05 Å². The van der Waals surface area contributed by atoms with Crippen LogP contribution in [-0.4, -0.2) is 7.05 Å². The summed E-state index contributed by atoms with van der Waals surface area (Å²) in [4.78, 5) is 2.59. The van der Waals surface area contributed by atoms with Crippen molar-refractivity contribution >= 4 is 11.8 Å². The number of benzene rings is 2. The third-order valence-corrected chi connectivity index (χ3v) is 4.84. The van der Waals surface area contributed by atoms with E-state index in [1.54, 1.807) is 0 Å². The zero-order chi connectivity index (χ0) is 15.2. The Hall–Kier alpha value is -1.25. The van der Waals surface area contributed by atoms with E-state index in [2.05, 4.69) is 74.6 Å². The van der Waals surface area contributed by atoms with Gasteiger partial charge in [0.25, 0.3) is 0 Å². The van der Waals surface area contributed by atoms with Gasteiger partial charge in [-0.2, -0.15) is 0 Å². The highest BCUT2D eigenvalue weighted by Gasteiger charge is 2.06. The van der Waals surface area contributed by atoms with E-state index in [4.69, 9.17) is 0 Å². The molecule has 0 spiro atoms. The van der Waals surface area contributed by atoms with Crippen LogP contribution in [0.1, 0.15) is 50.3 Å². The lowest BCUT2D eigenvalue weighted by molar-refractivity contribution is 0.576. The number of hydrogen-bond acceptors (Lipinski definition) is 2. The monoisotopic (exact) mass is 299 g/mol. The minimum absolute atomic E-state index is 0.453. The van der Waals surface area contributed by atoms with Crippen LogP contribution in [0.4, 0.5) is 0 Å². The molecule has 2 rings (SSSR count). The van der Waals surface area contributed by atoms with Crippen LogP contribution in [0.3, 0.4) is 0 Å². The highest BCUT2D eigenvalue weighted by atomic mass is 32.2. The standard InChI is InChI=1S/C19H25NS/c1-5-19(20-4)16-8-12-18(13-9-16)21-17-10-6-15(7-11-17)14(2)3/h6-14,19-20H,5H2,1-4H3. The van der Waals surface area contributed by atoms with Crippen LogP contribution in [0.15, 0.2) is 58.3 Å². The summed E-state index contributed by atoms with van der Waals surface area (Å²) in [7, 11) is 2.02. The van der Waals surface area contributed by atoms with Gasteiger partial charge >= 0.3 is 0 Å². The van der Waals surface area contributed by atoms with E-state index < -0.39 is 0 Å². The van der Waals surface area contributed by atoms with E-state index in [-0.39, 0.29) is 0 Å². The van der Waals surface area contributed by atoms with Crippen LogP contribution in [-0.2, 0) is 0 Å². The molecule has 1 unspecified atom stereocenters. The van der Waals surface area contributed by atoms with Gasteiger partial charge in [0.05, 0.1) is 0 Å². The molecule has 0 radical (unpaired) electrons. The van der Waals surface area contributed by atoms with Crippen LogP contribution in [0.25, 0.3) is 0 Å². The van der Waals surface area contributed by atoms with E-state index in [1.165, 1.54) is 20.9 Å². The minimum Gasteiger partial charge on any atom is -0.313 e. The van der Waals surface area contributed by atoms with Crippen molar-refractivity contribution in [3.8, 4) is 0 Å². The quantitative estimate of drug-likeness (QED) is 0.741. The Morgan fingerprint density at radius 3 is 1.71 bits per heavy atom. The number of hydrogen-bond donors (Lipinski definition) is 1. The fourth-order valence-corrected chi connectivity index (χ4v) is 3.25. The summed E-state index contributed by atoms with van der Waals surface area (Å²) in [5.74, 6) is 0.593. The Morgan fingerprint density at radius 1 is 0.857 bits per heavy atom. The van der Waals surface area contributed by atoms with Crippen molar-refractivity contribution in [3.63, 3.8) is 0 Å². The lowest BCUT2D eigenvalue weighted by atomic mass is 10.0. The summed E-state index contributed by atoms with van der Waals surface area (Å²) in [6, 6.07) is 18.3. The zero-order valence-corrected chi connectivity index (χ0v) is 14.2. The van der Waals surface area contributed by atoms with Crippen molar-refractivity contribution in [1.82, 2.24) is 5.32 Å². The maximum Gasteiger partial charge on any atom is 0.0314 e. The minimum atomic E-state index is 0.453.